The molecule has 1 aliphatic heterocycles. The number of aliphatic carboxylic acids is 1. The van der Waals surface area contributed by atoms with Crippen molar-refractivity contribution >= 4 is 5.97 Å². The maximum absolute atomic E-state index is 11.6. The molecular formula is C17H32N2O2. The largest absolute Gasteiger partial charge is 0.480 e. The van der Waals surface area contributed by atoms with Gasteiger partial charge in [-0.25, -0.2) is 0 Å². The molecule has 1 heterocycles. The zero-order valence-corrected chi connectivity index (χ0v) is 14.1. The summed E-state index contributed by atoms with van der Waals surface area (Å²) in [6.07, 6.45) is 5.04. The van der Waals surface area contributed by atoms with E-state index in [0.717, 1.165) is 44.8 Å². The maximum atomic E-state index is 11.6. The summed E-state index contributed by atoms with van der Waals surface area (Å²) in [6.45, 7) is 12.0. The molecule has 1 saturated heterocycles. The lowest BCUT2D eigenvalue weighted by Crippen LogP contribution is -2.52. The molecule has 2 aliphatic rings. The van der Waals surface area contributed by atoms with Gasteiger partial charge in [-0.2, -0.15) is 0 Å². The molecule has 2 atom stereocenters. The van der Waals surface area contributed by atoms with Crippen LogP contribution < -0.4 is 5.32 Å². The molecule has 0 amide bonds. The SMILES string of the molecule is CCNC1(C(=O)O)CCC(N2CCC(C(C)(C)C)CC2)C1. The zero-order valence-electron chi connectivity index (χ0n) is 14.1. The minimum Gasteiger partial charge on any atom is -0.480 e. The van der Waals surface area contributed by atoms with Crippen LogP contribution in [-0.2, 0) is 4.79 Å². The van der Waals surface area contributed by atoms with Crippen LogP contribution in [0.2, 0.25) is 0 Å². The summed E-state index contributed by atoms with van der Waals surface area (Å²) in [7, 11) is 0. The second-order valence-corrected chi connectivity index (χ2v) is 7.99. The second-order valence-electron chi connectivity index (χ2n) is 7.99. The highest BCUT2D eigenvalue weighted by Crippen LogP contribution is 2.38. The number of nitrogens with zero attached hydrogens (tertiary/aromatic N) is 1. The van der Waals surface area contributed by atoms with Gasteiger partial charge in [0, 0.05) is 6.04 Å². The average Bonchev–Trinajstić information content (AvgIpc) is 2.84. The topological polar surface area (TPSA) is 52.6 Å². The smallest absolute Gasteiger partial charge is 0.323 e. The van der Waals surface area contributed by atoms with E-state index in [1.54, 1.807) is 0 Å². The number of nitrogens with one attached hydrogen (secondary N) is 1. The summed E-state index contributed by atoms with van der Waals surface area (Å²) in [5.74, 6) is 0.129. The van der Waals surface area contributed by atoms with Crippen LogP contribution in [0, 0.1) is 11.3 Å². The van der Waals surface area contributed by atoms with Crippen LogP contribution in [-0.4, -0.2) is 47.2 Å². The number of likely N-dealkylation sites (tertiary alicyclic amines) is 1. The fourth-order valence-corrected chi connectivity index (χ4v) is 4.23. The van der Waals surface area contributed by atoms with E-state index in [9.17, 15) is 9.90 Å². The van der Waals surface area contributed by atoms with E-state index < -0.39 is 11.5 Å². The zero-order chi connectivity index (χ0) is 15.7. The molecule has 0 aromatic rings. The lowest BCUT2D eigenvalue weighted by atomic mass is 9.75. The first-order valence-electron chi connectivity index (χ1n) is 8.51. The van der Waals surface area contributed by atoms with E-state index in [1.165, 1.54) is 12.8 Å². The van der Waals surface area contributed by atoms with Gasteiger partial charge in [0.15, 0.2) is 0 Å². The first-order valence-corrected chi connectivity index (χ1v) is 8.51. The Kier molecular flexibility index (Phi) is 4.99. The Morgan fingerprint density at radius 3 is 2.38 bits per heavy atom. The minimum absolute atomic E-state index is 0.399. The van der Waals surface area contributed by atoms with Crippen LogP contribution in [0.4, 0.5) is 0 Å². The summed E-state index contributed by atoms with van der Waals surface area (Å²) >= 11 is 0. The third-order valence-corrected chi connectivity index (χ3v) is 5.68. The van der Waals surface area contributed by atoms with Gasteiger partial charge in [0.25, 0.3) is 0 Å². The maximum Gasteiger partial charge on any atom is 0.323 e. The van der Waals surface area contributed by atoms with Crippen LogP contribution in [0.25, 0.3) is 0 Å². The summed E-state index contributed by atoms with van der Waals surface area (Å²) in [5, 5.41) is 12.8. The van der Waals surface area contributed by atoms with Gasteiger partial charge in [0.05, 0.1) is 0 Å². The average molecular weight is 296 g/mol. The van der Waals surface area contributed by atoms with Crippen molar-refractivity contribution in [2.75, 3.05) is 19.6 Å². The Morgan fingerprint density at radius 2 is 1.90 bits per heavy atom. The highest BCUT2D eigenvalue weighted by Gasteiger charge is 2.47. The minimum atomic E-state index is -0.680. The molecule has 2 rings (SSSR count). The molecule has 2 fully saturated rings. The predicted octanol–water partition coefficient (Wildman–Crippen LogP) is 2.73. The third kappa shape index (κ3) is 3.59. The van der Waals surface area contributed by atoms with Crippen LogP contribution in [0.5, 0.6) is 0 Å². The van der Waals surface area contributed by atoms with Crippen LogP contribution in [0.3, 0.4) is 0 Å². The first-order chi connectivity index (χ1) is 9.78. The van der Waals surface area contributed by atoms with Gasteiger partial charge < -0.3 is 15.3 Å². The van der Waals surface area contributed by atoms with Gasteiger partial charge in [-0.15, -0.1) is 0 Å². The van der Waals surface area contributed by atoms with E-state index >= 15 is 0 Å². The van der Waals surface area contributed by atoms with Gasteiger partial charge >= 0.3 is 5.97 Å². The summed E-state index contributed by atoms with van der Waals surface area (Å²) in [4.78, 5) is 14.2. The molecule has 0 radical (unpaired) electrons. The summed E-state index contributed by atoms with van der Waals surface area (Å²) in [5.41, 5.74) is -0.281. The molecule has 4 heteroatoms. The van der Waals surface area contributed by atoms with Crippen LogP contribution in [0.15, 0.2) is 0 Å². The Morgan fingerprint density at radius 1 is 1.29 bits per heavy atom. The number of rotatable bonds is 4. The Balaban J connectivity index is 1.92. The first kappa shape index (κ1) is 16.8. The predicted molar refractivity (Wildman–Crippen MR) is 85.4 cm³/mol. The summed E-state index contributed by atoms with van der Waals surface area (Å²) < 4.78 is 0. The Labute approximate surface area is 129 Å². The van der Waals surface area contributed by atoms with E-state index in [-0.39, 0.29) is 0 Å². The molecule has 1 saturated carbocycles. The Hall–Kier alpha value is -0.610. The molecule has 4 nitrogen and oxygen atoms in total. The fourth-order valence-electron chi connectivity index (χ4n) is 4.23. The van der Waals surface area contributed by atoms with Crippen LogP contribution >= 0.6 is 0 Å². The number of carboxylic acid groups (broad SMARTS) is 1. The quantitative estimate of drug-likeness (QED) is 0.837. The van der Waals surface area contributed by atoms with E-state index in [2.05, 4.69) is 31.0 Å². The van der Waals surface area contributed by atoms with Crippen molar-refractivity contribution in [3.8, 4) is 0 Å². The van der Waals surface area contributed by atoms with Gasteiger partial charge in [-0.05, 0) is 63.1 Å². The van der Waals surface area contributed by atoms with Gasteiger partial charge in [-0.1, -0.05) is 27.7 Å². The highest BCUT2D eigenvalue weighted by molar-refractivity contribution is 5.79. The molecule has 0 aromatic carbocycles. The number of carboxylic acids is 1. The lowest BCUT2D eigenvalue weighted by molar-refractivity contribution is -0.144. The number of carbonyl (C=O) groups is 1. The van der Waals surface area contributed by atoms with Crippen molar-refractivity contribution in [2.45, 2.75) is 71.4 Å². The lowest BCUT2D eigenvalue weighted by Gasteiger charge is -2.41. The standard InChI is InChI=1S/C17H32N2O2/c1-5-18-17(15(20)21)9-6-14(12-17)19-10-7-13(8-11-19)16(2,3)4/h13-14,18H,5-12H2,1-4H3,(H,20,21). The van der Waals surface area contributed by atoms with E-state index in [0.29, 0.717) is 11.5 Å². The number of hydrogen-bond donors (Lipinski definition) is 2. The third-order valence-electron chi connectivity index (χ3n) is 5.68. The monoisotopic (exact) mass is 296 g/mol. The molecule has 0 bridgehead atoms. The Bertz CT molecular complexity index is 369. The van der Waals surface area contributed by atoms with Gasteiger partial charge in [0.2, 0.25) is 0 Å². The molecule has 122 valence electrons. The van der Waals surface area contributed by atoms with Crippen molar-refractivity contribution < 1.29 is 9.90 Å². The second kappa shape index (κ2) is 6.25. The van der Waals surface area contributed by atoms with Crippen molar-refractivity contribution in [2.24, 2.45) is 11.3 Å². The number of likely N-dealkylation sites (N-methyl/N-ethyl adjacent to an activating group) is 1. The molecule has 1 aliphatic carbocycles. The van der Waals surface area contributed by atoms with Gasteiger partial charge in [-0.3, -0.25) is 4.79 Å². The molecule has 2 unspecified atom stereocenters. The fraction of sp³-hybridized carbons (Fsp3) is 0.941. The summed E-state index contributed by atoms with van der Waals surface area (Å²) in [6, 6.07) is 0.445. The van der Waals surface area contributed by atoms with E-state index in [1.807, 2.05) is 6.92 Å². The van der Waals surface area contributed by atoms with E-state index in [4.69, 9.17) is 0 Å². The van der Waals surface area contributed by atoms with Crippen molar-refractivity contribution in [1.29, 1.82) is 0 Å². The molecule has 2 N–H and O–H groups in total. The molecular weight excluding hydrogens is 264 g/mol. The molecule has 21 heavy (non-hydrogen) atoms. The number of piperidine rings is 1. The van der Waals surface area contributed by atoms with Crippen LogP contribution in [0.1, 0.15) is 59.8 Å². The van der Waals surface area contributed by atoms with Crippen molar-refractivity contribution in [3.63, 3.8) is 0 Å². The van der Waals surface area contributed by atoms with Gasteiger partial charge in [0.1, 0.15) is 5.54 Å². The highest BCUT2D eigenvalue weighted by atomic mass is 16.4. The molecule has 0 aromatic heterocycles. The van der Waals surface area contributed by atoms with Crippen molar-refractivity contribution in [1.82, 2.24) is 10.2 Å². The number of hydrogen-bond acceptors (Lipinski definition) is 3. The van der Waals surface area contributed by atoms with Crippen molar-refractivity contribution in [3.05, 3.63) is 0 Å². The normalized spacial score (nSPS) is 32.5. The molecule has 0 spiro atoms.